The minimum absolute atomic E-state index is 0.0639. The first-order valence-corrected chi connectivity index (χ1v) is 29.8. The Hall–Kier alpha value is -2.00. The molecule has 27 unspecified atom stereocenters. The molecule has 77 heavy (non-hydrogen) atoms. The largest absolute Gasteiger partial charge is 0.481 e. The predicted octanol–water partition coefficient (Wildman–Crippen LogP) is 4.77. The van der Waals surface area contributed by atoms with Crippen molar-refractivity contribution in [3.63, 3.8) is 0 Å². The van der Waals surface area contributed by atoms with Crippen LogP contribution in [0, 0.1) is 11.8 Å². The van der Waals surface area contributed by atoms with Gasteiger partial charge in [-0.2, -0.15) is 8.42 Å². The fraction of sp³-hybridized carbons (Fsp3) is 0.875. The van der Waals surface area contributed by atoms with Crippen molar-refractivity contribution in [1.82, 2.24) is 0 Å². The van der Waals surface area contributed by atoms with Gasteiger partial charge < -0.3 is 72.5 Å². The van der Waals surface area contributed by atoms with Crippen LogP contribution in [0.2, 0.25) is 0 Å². The lowest BCUT2D eigenvalue weighted by Crippen LogP contribution is -2.74. The van der Waals surface area contributed by atoms with E-state index < -0.39 is 111 Å². The number of aliphatic hydroxyl groups excluding tert-OH is 2. The highest BCUT2D eigenvalue weighted by Crippen LogP contribution is 2.54. The molecule has 21 heteroatoms. The van der Waals surface area contributed by atoms with Crippen molar-refractivity contribution in [3.05, 3.63) is 37.0 Å². The number of hydrogen-bond donors (Lipinski definition) is 5. The zero-order valence-corrected chi connectivity index (χ0v) is 46.2. The number of rotatable bonds is 11. The molecule has 0 bridgehead atoms. The lowest BCUT2D eigenvalue weighted by atomic mass is 9.73. The molecule has 0 radical (unpaired) electrons. The second-order valence-corrected chi connectivity index (χ2v) is 26.7. The summed E-state index contributed by atoms with van der Waals surface area (Å²) in [7, 11) is -4.78. The maximum absolute atomic E-state index is 12.3. The number of aliphatic hydroxyl groups is 3. The summed E-state index contributed by atoms with van der Waals surface area (Å²) >= 11 is 0. The molecule has 11 saturated heterocycles. The van der Waals surface area contributed by atoms with Gasteiger partial charge in [0.25, 0.3) is 0 Å². The molecule has 11 rings (SSSR count). The van der Waals surface area contributed by atoms with Gasteiger partial charge in [0.1, 0.15) is 35.6 Å². The number of ether oxygens (including phenoxy) is 11. The molecule has 11 aliphatic rings. The molecule has 11 aliphatic heterocycles. The number of carboxylic acid groups (broad SMARTS) is 1. The number of hydrogen-bond acceptors (Lipinski definition) is 18. The Morgan fingerprint density at radius 2 is 1.32 bits per heavy atom. The molecule has 11 fully saturated rings. The van der Waals surface area contributed by atoms with Gasteiger partial charge in [0.15, 0.2) is 0 Å². The fourth-order valence-corrected chi connectivity index (χ4v) is 16.2. The van der Waals surface area contributed by atoms with Crippen molar-refractivity contribution < 1.29 is 94.5 Å². The van der Waals surface area contributed by atoms with Crippen molar-refractivity contribution in [1.29, 1.82) is 0 Å². The van der Waals surface area contributed by atoms with E-state index in [4.69, 9.17) is 56.3 Å². The van der Waals surface area contributed by atoms with Crippen molar-refractivity contribution in [2.75, 3.05) is 6.61 Å². The monoisotopic (exact) mass is 1110 g/mol. The number of carbonyl (C=O) groups is 1. The van der Waals surface area contributed by atoms with Gasteiger partial charge in [0, 0.05) is 51.6 Å². The normalized spacial score (nSPS) is 51.7. The van der Waals surface area contributed by atoms with Gasteiger partial charge in [-0.1, -0.05) is 31.7 Å². The highest BCUT2D eigenvalue weighted by Gasteiger charge is 2.65. The van der Waals surface area contributed by atoms with Crippen LogP contribution < -0.4 is 0 Å². The van der Waals surface area contributed by atoms with E-state index in [1.807, 2.05) is 6.92 Å². The van der Waals surface area contributed by atoms with Crippen LogP contribution in [-0.2, 0) is 71.5 Å². The van der Waals surface area contributed by atoms with Gasteiger partial charge in [0.05, 0.1) is 120 Å². The first-order valence-electron chi connectivity index (χ1n) is 28.5. The minimum atomic E-state index is -4.78. The van der Waals surface area contributed by atoms with Crippen LogP contribution in [0.25, 0.3) is 0 Å². The second kappa shape index (κ2) is 21.0. The van der Waals surface area contributed by atoms with E-state index >= 15 is 0 Å². The van der Waals surface area contributed by atoms with Crippen LogP contribution in [-0.4, -0.2) is 196 Å². The highest BCUT2D eigenvalue weighted by molar-refractivity contribution is 7.80. The molecule has 0 aromatic heterocycles. The predicted molar refractivity (Wildman–Crippen MR) is 272 cm³/mol. The Morgan fingerprint density at radius 3 is 1.97 bits per heavy atom. The number of allylic oxidation sites excluding steroid dienone is 1. The van der Waals surface area contributed by atoms with E-state index in [1.54, 1.807) is 13.8 Å². The molecule has 0 spiro atoms. The molecule has 11 heterocycles. The average molecular weight is 1110 g/mol. The third-order valence-electron chi connectivity index (χ3n) is 20.0. The summed E-state index contributed by atoms with van der Waals surface area (Å²) in [4.78, 5) is 11.9. The van der Waals surface area contributed by atoms with Crippen molar-refractivity contribution in [2.45, 2.75) is 288 Å². The van der Waals surface area contributed by atoms with Crippen molar-refractivity contribution in [2.24, 2.45) is 11.8 Å². The molecule has 0 saturated carbocycles. The Kier molecular flexibility index (Phi) is 15.5. The zero-order chi connectivity index (χ0) is 54.8. The minimum Gasteiger partial charge on any atom is -0.481 e. The van der Waals surface area contributed by atoms with Gasteiger partial charge in [-0.05, 0) is 97.5 Å². The molecule has 20 nitrogen and oxygen atoms in total. The van der Waals surface area contributed by atoms with Gasteiger partial charge >= 0.3 is 16.4 Å². The molecule has 0 amide bonds. The van der Waals surface area contributed by atoms with E-state index in [0.717, 1.165) is 19.3 Å². The van der Waals surface area contributed by atoms with Gasteiger partial charge in [-0.3, -0.25) is 9.35 Å². The fourth-order valence-electron chi connectivity index (χ4n) is 15.6. The van der Waals surface area contributed by atoms with Crippen LogP contribution in [0.4, 0.5) is 0 Å². The van der Waals surface area contributed by atoms with Crippen molar-refractivity contribution >= 4 is 16.4 Å². The van der Waals surface area contributed by atoms with Crippen LogP contribution in [0.1, 0.15) is 138 Å². The van der Waals surface area contributed by atoms with E-state index in [1.165, 1.54) is 18.2 Å². The third kappa shape index (κ3) is 10.7. The Balaban J connectivity index is 0.751. The molecule has 434 valence electrons. The Bertz CT molecular complexity index is 2350. The maximum atomic E-state index is 12.3. The summed E-state index contributed by atoms with van der Waals surface area (Å²) in [5.41, 5.74) is -4.46. The van der Waals surface area contributed by atoms with Crippen molar-refractivity contribution in [3.8, 4) is 0 Å². The van der Waals surface area contributed by atoms with E-state index in [9.17, 15) is 38.2 Å². The molecule has 0 aliphatic carbocycles. The topological polar surface area (TPSA) is 263 Å². The van der Waals surface area contributed by atoms with E-state index in [2.05, 4.69) is 33.9 Å². The summed E-state index contributed by atoms with van der Waals surface area (Å²) in [6.07, 6.45) is 2.50. The number of fused-ring (bicyclic) bond motifs is 10. The smallest absolute Gasteiger partial charge is 0.397 e. The molecule has 27 atom stereocenters. The highest BCUT2D eigenvalue weighted by atomic mass is 32.3. The number of carboxylic acids is 1. The Morgan fingerprint density at radius 1 is 0.753 bits per heavy atom. The second-order valence-electron chi connectivity index (χ2n) is 25.7. The van der Waals surface area contributed by atoms with Crippen LogP contribution in [0.5, 0.6) is 0 Å². The summed E-state index contributed by atoms with van der Waals surface area (Å²) in [5.74, 6) is -1.81. The van der Waals surface area contributed by atoms with Gasteiger partial charge in [0.2, 0.25) is 0 Å². The van der Waals surface area contributed by atoms with Crippen LogP contribution in [0.15, 0.2) is 37.0 Å². The SMILES string of the molecule is C=CCC(C=CC(C)(O)C1OC2CC3OC4CC5OC6CC7OC8CC9OC%10CC%11OC(C)(CCCO)C(OS(=O)(=O)O)CC%11OC%10CC9OC8CCC7(C)OC6(C)CCC(C)C5OC4C(O)C3(C)OC2CC1=C)C(=O)O. The third-order valence-corrected chi connectivity index (χ3v) is 20.4. The first-order chi connectivity index (χ1) is 36.3. The van der Waals surface area contributed by atoms with Gasteiger partial charge in [-0.15, -0.1) is 6.58 Å². The summed E-state index contributed by atoms with van der Waals surface area (Å²) in [6.45, 7) is 19.5. The van der Waals surface area contributed by atoms with Crippen LogP contribution >= 0.6 is 0 Å². The lowest BCUT2D eigenvalue weighted by Gasteiger charge is -2.61. The molecular formula is C56H84O20S. The standard InChI is InChI=1S/C56H84O20S/c1-9-11-30(51(59)60)13-16-52(4,61)50-29(3)20-39-38(71-50)26-46-56(8,74-39)49(58)48-42(70-46)24-41-47(72-48)28(2)12-17-54(6)44(69-41)27-43-55(7,76-54)18-14-31-32(68-43)21-34-33(65-31)22-35-36(66-34)23-40-37(67-35)25-45(75-77(62,63)64)53(5,73-40)15-10-19-57/h9,13,16,28,30-50,57-58,61H,1,3,10-12,14-15,17-27H2,2,4-8H3,(H,59,60)(H,62,63,64). The molecule has 0 aromatic carbocycles. The average Bonchev–Trinajstić information content (AvgIpc) is 3.53. The summed E-state index contributed by atoms with van der Waals surface area (Å²) in [6, 6.07) is 0. The number of aliphatic carboxylic acids is 1. The summed E-state index contributed by atoms with van der Waals surface area (Å²) in [5, 5.41) is 43.3. The van der Waals surface area contributed by atoms with Crippen LogP contribution in [0.3, 0.4) is 0 Å². The Labute approximate surface area is 452 Å². The molecule has 5 N–H and O–H groups in total. The zero-order valence-electron chi connectivity index (χ0n) is 45.4. The quantitative estimate of drug-likeness (QED) is 0.138. The molecular weight excluding hydrogens is 1020 g/mol. The molecule has 0 aromatic rings. The summed E-state index contributed by atoms with van der Waals surface area (Å²) < 4.78 is 115. The first kappa shape index (κ1) is 56.8. The van der Waals surface area contributed by atoms with E-state index in [0.29, 0.717) is 69.8 Å². The maximum Gasteiger partial charge on any atom is 0.397 e. The lowest BCUT2D eigenvalue weighted by molar-refractivity contribution is -0.369. The van der Waals surface area contributed by atoms with E-state index in [-0.39, 0.29) is 86.4 Å². The van der Waals surface area contributed by atoms with Gasteiger partial charge in [-0.25, -0.2) is 4.18 Å².